The van der Waals surface area contributed by atoms with Crippen LogP contribution in [0.2, 0.25) is 0 Å². The quantitative estimate of drug-likeness (QED) is 0.484. The molecule has 0 aliphatic carbocycles. The number of benzene rings is 1. The Labute approximate surface area is 164 Å². The molecule has 0 bridgehead atoms. The van der Waals surface area contributed by atoms with Crippen molar-refractivity contribution in [2.24, 2.45) is 0 Å². The summed E-state index contributed by atoms with van der Waals surface area (Å²) in [4.78, 5) is 24.5. The number of methoxy groups -OCH3 is 2. The Morgan fingerprint density at radius 1 is 1.18 bits per heavy atom. The van der Waals surface area contributed by atoms with Gasteiger partial charge in [-0.1, -0.05) is 6.07 Å². The average Bonchev–Trinajstić information content (AvgIpc) is 2.94. The molecule has 0 aliphatic heterocycles. The standard InChI is InChI=1S/C21H26FNO5/c1-13-8-17(15(3)23(13)14(2)11-26-4)19(24)12-28-21(25)10-16-6-7-20(27-5)18(22)9-16/h6-9,14H,10-12H2,1-5H3/t14-/m1/s1. The monoisotopic (exact) mass is 391 g/mol. The Balaban J connectivity index is 1.99. The van der Waals surface area contributed by atoms with Crippen molar-refractivity contribution in [3.63, 3.8) is 0 Å². The molecule has 1 heterocycles. The fraction of sp³-hybridized carbons (Fsp3) is 0.429. The second kappa shape index (κ2) is 9.50. The fourth-order valence-electron chi connectivity index (χ4n) is 3.31. The van der Waals surface area contributed by atoms with Crippen molar-refractivity contribution in [1.29, 1.82) is 0 Å². The van der Waals surface area contributed by atoms with Gasteiger partial charge in [-0.25, -0.2) is 4.39 Å². The first-order chi connectivity index (χ1) is 13.3. The summed E-state index contributed by atoms with van der Waals surface area (Å²) in [5, 5.41) is 0. The van der Waals surface area contributed by atoms with Gasteiger partial charge in [-0.2, -0.15) is 0 Å². The van der Waals surface area contributed by atoms with Crippen LogP contribution in [0.5, 0.6) is 5.75 Å². The molecule has 2 rings (SSSR count). The van der Waals surface area contributed by atoms with Crippen LogP contribution in [0, 0.1) is 19.7 Å². The molecule has 0 saturated carbocycles. The molecule has 0 aliphatic rings. The number of nitrogens with zero attached hydrogens (tertiary/aromatic N) is 1. The number of aromatic nitrogens is 1. The minimum absolute atomic E-state index is 0.0825. The van der Waals surface area contributed by atoms with Gasteiger partial charge in [-0.3, -0.25) is 9.59 Å². The molecule has 1 atom stereocenters. The highest BCUT2D eigenvalue weighted by atomic mass is 19.1. The third kappa shape index (κ3) is 4.98. The summed E-state index contributed by atoms with van der Waals surface area (Å²) in [6, 6.07) is 6.11. The van der Waals surface area contributed by atoms with Gasteiger partial charge in [0.25, 0.3) is 0 Å². The smallest absolute Gasteiger partial charge is 0.310 e. The number of Topliss-reactive ketones (excluding diaryl/α,β-unsaturated/α-hetero) is 1. The highest BCUT2D eigenvalue weighted by molar-refractivity contribution is 5.99. The maximum atomic E-state index is 13.7. The normalized spacial score (nSPS) is 11.9. The van der Waals surface area contributed by atoms with E-state index in [4.69, 9.17) is 14.2 Å². The van der Waals surface area contributed by atoms with Crippen LogP contribution < -0.4 is 4.74 Å². The molecule has 0 radical (unpaired) electrons. The van der Waals surface area contributed by atoms with E-state index >= 15 is 0 Å². The molecular weight excluding hydrogens is 365 g/mol. The predicted octanol–water partition coefficient (Wildman–Crippen LogP) is 3.43. The zero-order valence-corrected chi connectivity index (χ0v) is 16.9. The zero-order chi connectivity index (χ0) is 20.8. The first-order valence-electron chi connectivity index (χ1n) is 8.97. The van der Waals surface area contributed by atoms with Crippen molar-refractivity contribution in [3.8, 4) is 5.75 Å². The van der Waals surface area contributed by atoms with Crippen molar-refractivity contribution in [3.05, 3.63) is 52.6 Å². The Morgan fingerprint density at radius 2 is 1.89 bits per heavy atom. The molecule has 0 unspecified atom stereocenters. The Kier molecular flexibility index (Phi) is 7.34. The van der Waals surface area contributed by atoms with E-state index in [-0.39, 0.29) is 30.6 Å². The van der Waals surface area contributed by atoms with E-state index in [9.17, 15) is 14.0 Å². The molecule has 0 N–H and O–H groups in total. The van der Waals surface area contributed by atoms with Crippen molar-refractivity contribution < 1.29 is 28.2 Å². The van der Waals surface area contributed by atoms with E-state index in [1.807, 2.05) is 25.3 Å². The van der Waals surface area contributed by atoms with Crippen molar-refractivity contribution >= 4 is 11.8 Å². The van der Waals surface area contributed by atoms with Crippen LogP contribution >= 0.6 is 0 Å². The first-order valence-corrected chi connectivity index (χ1v) is 8.97. The third-order valence-electron chi connectivity index (χ3n) is 4.56. The molecule has 0 saturated heterocycles. The lowest BCUT2D eigenvalue weighted by atomic mass is 10.1. The van der Waals surface area contributed by atoms with E-state index < -0.39 is 11.8 Å². The molecule has 28 heavy (non-hydrogen) atoms. The van der Waals surface area contributed by atoms with Gasteiger partial charge in [0.2, 0.25) is 5.78 Å². The van der Waals surface area contributed by atoms with Gasteiger partial charge in [0, 0.05) is 24.1 Å². The van der Waals surface area contributed by atoms with Crippen LogP contribution in [0.15, 0.2) is 24.3 Å². The number of esters is 1. The minimum Gasteiger partial charge on any atom is -0.494 e. The topological polar surface area (TPSA) is 66.8 Å². The van der Waals surface area contributed by atoms with Crippen LogP contribution in [0.4, 0.5) is 4.39 Å². The van der Waals surface area contributed by atoms with Gasteiger partial charge in [0.15, 0.2) is 18.2 Å². The predicted molar refractivity (Wildman–Crippen MR) is 102 cm³/mol. The van der Waals surface area contributed by atoms with Gasteiger partial charge in [-0.05, 0) is 44.5 Å². The number of rotatable bonds is 9. The van der Waals surface area contributed by atoms with Gasteiger partial charge in [-0.15, -0.1) is 0 Å². The molecule has 6 nitrogen and oxygen atoms in total. The molecule has 1 aromatic carbocycles. The molecule has 0 spiro atoms. The molecule has 0 amide bonds. The number of aryl methyl sites for hydroxylation is 1. The first kappa shape index (κ1) is 21.6. The summed E-state index contributed by atoms with van der Waals surface area (Å²) in [5.74, 6) is -1.33. The van der Waals surface area contributed by atoms with Crippen molar-refractivity contribution in [1.82, 2.24) is 4.57 Å². The second-order valence-electron chi connectivity index (χ2n) is 6.69. The number of ether oxygens (including phenoxy) is 3. The van der Waals surface area contributed by atoms with Crippen LogP contribution in [0.1, 0.15) is 40.3 Å². The van der Waals surface area contributed by atoms with E-state index in [1.165, 1.54) is 19.2 Å². The average molecular weight is 391 g/mol. The molecule has 1 aromatic heterocycles. The van der Waals surface area contributed by atoms with Crippen LogP contribution in [-0.2, 0) is 20.7 Å². The second-order valence-corrected chi connectivity index (χ2v) is 6.69. The third-order valence-corrected chi connectivity index (χ3v) is 4.56. The maximum Gasteiger partial charge on any atom is 0.310 e. The van der Waals surface area contributed by atoms with E-state index in [1.54, 1.807) is 19.2 Å². The lowest BCUT2D eigenvalue weighted by Gasteiger charge is -2.17. The Bertz CT molecular complexity index is 859. The number of hydrogen-bond donors (Lipinski definition) is 0. The molecule has 0 fully saturated rings. The molecular formula is C21H26FNO5. The molecule has 2 aromatic rings. The van der Waals surface area contributed by atoms with Gasteiger partial charge < -0.3 is 18.8 Å². The van der Waals surface area contributed by atoms with Crippen LogP contribution in [0.3, 0.4) is 0 Å². The maximum absolute atomic E-state index is 13.7. The molecule has 7 heteroatoms. The zero-order valence-electron chi connectivity index (χ0n) is 16.9. The largest absolute Gasteiger partial charge is 0.494 e. The summed E-state index contributed by atoms with van der Waals surface area (Å²) < 4.78 is 30.8. The number of carbonyl (C=O) groups is 2. The van der Waals surface area contributed by atoms with E-state index in [0.29, 0.717) is 17.7 Å². The number of halogens is 1. The number of ketones is 1. The SMILES string of the molecule is COC[C@@H](C)n1c(C)cc(C(=O)COC(=O)Cc2ccc(OC)c(F)c2)c1C. The van der Waals surface area contributed by atoms with Gasteiger partial charge in [0.1, 0.15) is 0 Å². The van der Waals surface area contributed by atoms with Crippen LogP contribution in [0.25, 0.3) is 0 Å². The minimum atomic E-state index is -0.598. The van der Waals surface area contributed by atoms with E-state index in [2.05, 4.69) is 0 Å². The van der Waals surface area contributed by atoms with Gasteiger partial charge >= 0.3 is 5.97 Å². The van der Waals surface area contributed by atoms with E-state index in [0.717, 1.165) is 11.4 Å². The van der Waals surface area contributed by atoms with Gasteiger partial charge in [0.05, 0.1) is 26.2 Å². The number of carbonyl (C=O) groups excluding carboxylic acids is 2. The summed E-state index contributed by atoms with van der Waals surface area (Å²) in [6.45, 7) is 5.94. The van der Waals surface area contributed by atoms with Crippen LogP contribution in [-0.4, -0.2) is 43.8 Å². The highest BCUT2D eigenvalue weighted by Gasteiger charge is 2.20. The number of hydrogen-bond acceptors (Lipinski definition) is 5. The lowest BCUT2D eigenvalue weighted by molar-refractivity contribution is -0.141. The Hall–Kier alpha value is -2.67. The van der Waals surface area contributed by atoms with Crippen molar-refractivity contribution in [2.45, 2.75) is 33.2 Å². The molecule has 152 valence electrons. The summed E-state index contributed by atoms with van der Waals surface area (Å²) in [7, 11) is 3.00. The highest BCUT2D eigenvalue weighted by Crippen LogP contribution is 2.21. The summed E-state index contributed by atoms with van der Waals surface area (Å²) in [5.41, 5.74) is 2.71. The fourth-order valence-corrected chi connectivity index (χ4v) is 3.31. The summed E-state index contributed by atoms with van der Waals surface area (Å²) in [6.07, 6.45) is -0.127. The summed E-state index contributed by atoms with van der Waals surface area (Å²) >= 11 is 0. The van der Waals surface area contributed by atoms with Crippen molar-refractivity contribution in [2.75, 3.05) is 27.4 Å². The Morgan fingerprint density at radius 3 is 2.50 bits per heavy atom. The lowest BCUT2D eigenvalue weighted by Crippen LogP contribution is -2.17.